The van der Waals surface area contributed by atoms with E-state index in [1.165, 1.54) is 19.1 Å². The molecule has 0 saturated carbocycles. The van der Waals surface area contributed by atoms with E-state index in [0.717, 1.165) is 0 Å². The van der Waals surface area contributed by atoms with E-state index in [-0.39, 0.29) is 11.3 Å². The Morgan fingerprint density at radius 1 is 1.27 bits per heavy atom. The fraction of sp³-hybridized carbons (Fsp3) is 0.111. The largest absolute Gasteiger partial charge is 0.478 e. The van der Waals surface area contributed by atoms with Crippen LogP contribution in [0.5, 0.6) is 5.75 Å². The number of para-hydroxylation sites is 1. The lowest BCUT2D eigenvalue weighted by molar-refractivity contribution is -0.131. The lowest BCUT2D eigenvalue weighted by Crippen LogP contribution is -2.06. The number of carboxylic acids is 1. The van der Waals surface area contributed by atoms with Crippen LogP contribution in [0.4, 0.5) is 0 Å². The molecule has 0 aliphatic heterocycles. The minimum atomic E-state index is -1.11. The van der Waals surface area contributed by atoms with Gasteiger partial charge in [-0.2, -0.15) is 0 Å². The molecule has 0 spiro atoms. The number of hydrogen-bond donors (Lipinski definition) is 3. The smallest absolute Gasteiger partial charge is 0.339 e. The quantitative estimate of drug-likeness (QED) is 0.278. The molecular weight excluding hydrogens is 200 g/mol. The number of rotatable bonds is 2. The second kappa shape index (κ2) is 6.52. The van der Waals surface area contributed by atoms with E-state index in [1.807, 2.05) is 0 Å². The van der Waals surface area contributed by atoms with E-state index in [1.54, 1.807) is 12.1 Å². The topological polar surface area (TPSA) is 116 Å². The summed E-state index contributed by atoms with van der Waals surface area (Å²) in [4.78, 5) is 21.2. The summed E-state index contributed by atoms with van der Waals surface area (Å²) in [6.45, 7) is 1.22. The molecule has 5 N–H and O–H groups in total. The molecule has 0 fully saturated rings. The zero-order chi connectivity index (χ0) is 11.8. The first-order valence-corrected chi connectivity index (χ1v) is 3.95. The molecule has 15 heavy (non-hydrogen) atoms. The van der Waals surface area contributed by atoms with Gasteiger partial charge >= 0.3 is 11.9 Å². The van der Waals surface area contributed by atoms with Crippen LogP contribution < -0.4 is 16.4 Å². The van der Waals surface area contributed by atoms with Crippen molar-refractivity contribution in [1.29, 1.82) is 0 Å². The van der Waals surface area contributed by atoms with Crippen molar-refractivity contribution in [3.05, 3.63) is 29.8 Å². The molecule has 0 aliphatic rings. The number of benzene rings is 1. The molecule has 0 unspecified atom stereocenters. The maximum atomic E-state index is 10.6. The summed E-state index contributed by atoms with van der Waals surface area (Å²) in [6.07, 6.45) is 0. The van der Waals surface area contributed by atoms with Crippen molar-refractivity contribution in [3.8, 4) is 5.75 Å². The third kappa shape index (κ3) is 4.21. The second-order valence-corrected chi connectivity index (χ2v) is 2.39. The van der Waals surface area contributed by atoms with Gasteiger partial charge in [-0.1, -0.05) is 12.1 Å². The lowest BCUT2D eigenvalue weighted by Gasteiger charge is -2.03. The maximum Gasteiger partial charge on any atom is 0.339 e. The molecule has 0 aliphatic carbocycles. The van der Waals surface area contributed by atoms with E-state index in [4.69, 9.17) is 5.11 Å². The zero-order valence-corrected chi connectivity index (χ0v) is 8.14. The molecule has 1 aromatic carbocycles. The summed E-state index contributed by atoms with van der Waals surface area (Å²) in [7, 11) is 0. The summed E-state index contributed by atoms with van der Waals surface area (Å²) in [5, 5.41) is 8.69. The fourth-order valence-electron chi connectivity index (χ4n) is 0.887. The van der Waals surface area contributed by atoms with Crippen molar-refractivity contribution in [2.24, 2.45) is 11.7 Å². The molecule has 6 nitrogen and oxygen atoms in total. The van der Waals surface area contributed by atoms with E-state index >= 15 is 0 Å². The number of nitrogens with two attached hydrogens (primary N) is 2. The highest BCUT2D eigenvalue weighted by Gasteiger charge is 2.10. The van der Waals surface area contributed by atoms with Crippen LogP contribution in [0.1, 0.15) is 17.3 Å². The Balaban J connectivity index is 0.000000921. The van der Waals surface area contributed by atoms with Gasteiger partial charge < -0.3 is 9.84 Å². The van der Waals surface area contributed by atoms with Gasteiger partial charge in [-0.25, -0.2) is 4.79 Å². The van der Waals surface area contributed by atoms with Gasteiger partial charge in [-0.05, 0) is 12.1 Å². The monoisotopic (exact) mass is 212 g/mol. The molecule has 1 rings (SSSR count). The first kappa shape index (κ1) is 13.1. The second-order valence-electron chi connectivity index (χ2n) is 2.39. The van der Waals surface area contributed by atoms with Crippen molar-refractivity contribution < 1.29 is 19.4 Å². The number of hydrogen-bond acceptors (Lipinski definition) is 5. The molecule has 82 valence electrons. The Morgan fingerprint density at radius 3 is 2.27 bits per heavy atom. The highest BCUT2D eigenvalue weighted by atomic mass is 16.5. The number of carboxylic acid groups (broad SMARTS) is 1. The van der Waals surface area contributed by atoms with Crippen molar-refractivity contribution in [1.82, 2.24) is 0 Å². The van der Waals surface area contributed by atoms with Gasteiger partial charge in [-0.3, -0.25) is 16.5 Å². The standard InChI is InChI=1S/C9H8O4.H4N2/c1-6(10)13-8-5-3-2-4-7(8)9(11)12;1-2/h2-5H,1H3,(H,11,12);1-2H2. The molecule has 0 bridgehead atoms. The molecule has 0 heterocycles. The van der Waals surface area contributed by atoms with Crippen LogP contribution in [0.3, 0.4) is 0 Å². The van der Waals surface area contributed by atoms with Gasteiger partial charge in [0.25, 0.3) is 0 Å². The molecule has 6 heteroatoms. The average molecular weight is 212 g/mol. The Hall–Kier alpha value is -1.92. The highest BCUT2D eigenvalue weighted by molar-refractivity contribution is 5.91. The SMILES string of the molecule is CC(=O)Oc1ccccc1C(=O)O.NN. The van der Waals surface area contributed by atoms with Crippen LogP contribution in [-0.4, -0.2) is 17.0 Å². The summed E-state index contributed by atoms with van der Waals surface area (Å²) >= 11 is 0. The Bertz CT molecular complexity index is 352. The predicted molar refractivity (Wildman–Crippen MR) is 53.1 cm³/mol. The van der Waals surface area contributed by atoms with Gasteiger partial charge in [0, 0.05) is 6.92 Å². The Morgan fingerprint density at radius 2 is 1.80 bits per heavy atom. The summed E-state index contributed by atoms with van der Waals surface area (Å²) in [5.74, 6) is 6.42. The van der Waals surface area contributed by atoms with E-state index in [2.05, 4.69) is 16.4 Å². The van der Waals surface area contributed by atoms with Crippen LogP contribution in [0, 0.1) is 0 Å². The van der Waals surface area contributed by atoms with Crippen molar-refractivity contribution in [3.63, 3.8) is 0 Å². The number of hydrazine groups is 1. The fourth-order valence-corrected chi connectivity index (χ4v) is 0.887. The summed E-state index contributed by atoms with van der Waals surface area (Å²) in [5.41, 5.74) is -0.0160. The predicted octanol–water partition coefficient (Wildman–Crippen LogP) is 0.129. The van der Waals surface area contributed by atoms with Crippen LogP contribution in [-0.2, 0) is 4.79 Å². The highest BCUT2D eigenvalue weighted by Crippen LogP contribution is 2.17. The van der Waals surface area contributed by atoms with Crippen molar-refractivity contribution >= 4 is 11.9 Å². The van der Waals surface area contributed by atoms with Gasteiger partial charge in [0.15, 0.2) is 0 Å². The molecule has 0 atom stereocenters. The van der Waals surface area contributed by atoms with Crippen LogP contribution in [0.15, 0.2) is 24.3 Å². The molecule has 0 aromatic heterocycles. The summed E-state index contributed by atoms with van der Waals surface area (Å²) in [6, 6.07) is 5.98. The molecule has 1 aromatic rings. The lowest BCUT2D eigenvalue weighted by atomic mass is 10.2. The third-order valence-corrected chi connectivity index (χ3v) is 1.37. The van der Waals surface area contributed by atoms with Gasteiger partial charge in [0.05, 0.1) is 0 Å². The number of aromatic carboxylic acids is 1. The third-order valence-electron chi connectivity index (χ3n) is 1.37. The normalized spacial score (nSPS) is 8.47. The van der Waals surface area contributed by atoms with E-state index in [9.17, 15) is 9.59 Å². The molecule has 0 amide bonds. The molecular formula is C9H12N2O4. The number of esters is 1. The van der Waals surface area contributed by atoms with Gasteiger partial charge in [0.1, 0.15) is 11.3 Å². The van der Waals surface area contributed by atoms with Crippen LogP contribution in [0.2, 0.25) is 0 Å². The first-order valence-electron chi connectivity index (χ1n) is 3.95. The minimum absolute atomic E-state index is 0.0160. The zero-order valence-electron chi connectivity index (χ0n) is 8.14. The Kier molecular flexibility index (Phi) is 5.69. The van der Waals surface area contributed by atoms with Gasteiger partial charge in [-0.15, -0.1) is 0 Å². The summed E-state index contributed by atoms with van der Waals surface area (Å²) < 4.78 is 4.69. The van der Waals surface area contributed by atoms with E-state index < -0.39 is 11.9 Å². The van der Waals surface area contributed by atoms with Crippen LogP contribution >= 0.6 is 0 Å². The molecule has 0 radical (unpaired) electrons. The molecule has 0 saturated heterocycles. The number of carbonyl (C=O) groups is 2. The minimum Gasteiger partial charge on any atom is -0.478 e. The van der Waals surface area contributed by atoms with E-state index in [0.29, 0.717) is 0 Å². The average Bonchev–Trinajstić information content (AvgIpc) is 2.20. The first-order chi connectivity index (χ1) is 7.11. The van der Waals surface area contributed by atoms with Crippen molar-refractivity contribution in [2.75, 3.05) is 0 Å². The van der Waals surface area contributed by atoms with Crippen molar-refractivity contribution in [2.45, 2.75) is 6.92 Å². The van der Waals surface area contributed by atoms with Crippen LogP contribution in [0.25, 0.3) is 0 Å². The van der Waals surface area contributed by atoms with Gasteiger partial charge in [0.2, 0.25) is 0 Å². The Labute approximate surface area is 86.4 Å². The maximum absolute atomic E-state index is 10.6. The number of carbonyl (C=O) groups excluding carboxylic acids is 1. The number of ether oxygens (including phenoxy) is 1.